The molecule has 1 aromatic heterocycles. The van der Waals surface area contributed by atoms with Gasteiger partial charge in [0.15, 0.2) is 0 Å². The van der Waals surface area contributed by atoms with Crippen LogP contribution in [0.15, 0.2) is 102 Å². The highest BCUT2D eigenvalue weighted by molar-refractivity contribution is 7.97. The van der Waals surface area contributed by atoms with Crippen LogP contribution in [-0.2, 0) is 9.53 Å². The van der Waals surface area contributed by atoms with Crippen LogP contribution in [0.25, 0.3) is 0 Å². The quantitative estimate of drug-likeness (QED) is 0.304. The van der Waals surface area contributed by atoms with Gasteiger partial charge >= 0.3 is 5.97 Å². The van der Waals surface area contributed by atoms with Gasteiger partial charge in [-0.3, -0.25) is 0 Å². The number of carbonyl (C=O) groups is 1. The van der Waals surface area contributed by atoms with Gasteiger partial charge in [-0.05, 0) is 53.7 Å². The van der Waals surface area contributed by atoms with E-state index in [4.69, 9.17) is 4.74 Å². The van der Waals surface area contributed by atoms with Crippen molar-refractivity contribution in [1.29, 1.82) is 0 Å². The first kappa shape index (κ1) is 21.4. The van der Waals surface area contributed by atoms with Crippen LogP contribution in [0.1, 0.15) is 17.4 Å². The number of aryl methyl sites for hydroxylation is 1. The Labute approximate surface area is 188 Å². The van der Waals surface area contributed by atoms with E-state index < -0.39 is 6.89 Å². The second-order valence-corrected chi connectivity index (χ2v) is 11.4. The average Bonchev–Trinajstić information content (AvgIpc) is 3.24. The fraction of sp³-hybridized carbons (Fsp3) is 0.111. The first-order valence-corrected chi connectivity index (χ1v) is 13.0. The number of ether oxygens (including phenoxy) is 1. The molecule has 0 saturated carbocycles. The van der Waals surface area contributed by atoms with E-state index in [1.165, 1.54) is 0 Å². The molecule has 0 spiro atoms. The van der Waals surface area contributed by atoms with Crippen LogP contribution in [0.3, 0.4) is 0 Å². The summed E-state index contributed by atoms with van der Waals surface area (Å²) in [6.07, 6.45) is 0. The summed E-state index contributed by atoms with van der Waals surface area (Å²) >= 11 is 1.61. The van der Waals surface area contributed by atoms with Crippen LogP contribution in [0.5, 0.6) is 0 Å². The summed E-state index contributed by atoms with van der Waals surface area (Å²) < 4.78 is 5.71. The number of esters is 1. The summed E-state index contributed by atoms with van der Waals surface area (Å²) in [5.74, 6) is -0.238. The molecule has 4 heteroatoms. The van der Waals surface area contributed by atoms with Gasteiger partial charge in [-0.1, -0.05) is 91.0 Å². The zero-order valence-electron chi connectivity index (χ0n) is 17.7. The molecule has 0 aliphatic heterocycles. The van der Waals surface area contributed by atoms with Gasteiger partial charge in [-0.15, -0.1) is 11.3 Å². The molecule has 31 heavy (non-hydrogen) atoms. The molecule has 3 aromatic carbocycles. The third-order valence-electron chi connectivity index (χ3n) is 5.31. The van der Waals surface area contributed by atoms with Crippen LogP contribution >= 0.6 is 18.2 Å². The average molecular weight is 445 g/mol. The molecule has 0 fully saturated rings. The molecule has 0 saturated heterocycles. The van der Waals surface area contributed by atoms with E-state index in [1.807, 2.05) is 25.1 Å². The molecule has 0 aliphatic carbocycles. The first-order valence-electron chi connectivity index (χ1n) is 10.3. The van der Waals surface area contributed by atoms with Crippen molar-refractivity contribution in [2.24, 2.45) is 0 Å². The largest absolute Gasteiger partial charge is 0.462 e. The lowest BCUT2D eigenvalue weighted by Gasteiger charge is -2.32. The van der Waals surface area contributed by atoms with Crippen molar-refractivity contribution in [3.8, 4) is 0 Å². The Morgan fingerprint density at radius 1 is 0.774 bits per heavy atom. The Bertz CT molecular complexity index is 1110. The Balaban J connectivity index is 2.31. The molecule has 0 atom stereocenters. The molecule has 156 valence electrons. The fourth-order valence-corrected chi connectivity index (χ4v) is 9.76. The SMILES string of the molecule is CCOC(=O)C(c1sccc1C)=P(c1ccccc1)(c1ccccc1)c1ccccc1. The number of rotatable bonds is 6. The summed E-state index contributed by atoms with van der Waals surface area (Å²) in [4.78, 5) is 14.7. The topological polar surface area (TPSA) is 26.3 Å². The van der Waals surface area contributed by atoms with E-state index in [0.29, 0.717) is 6.61 Å². The Morgan fingerprint density at radius 3 is 1.58 bits per heavy atom. The maximum absolute atomic E-state index is 13.7. The highest BCUT2D eigenvalue weighted by Crippen LogP contribution is 2.48. The highest BCUT2D eigenvalue weighted by Gasteiger charge is 2.35. The molecule has 0 amide bonds. The van der Waals surface area contributed by atoms with E-state index in [2.05, 4.69) is 91.2 Å². The zero-order chi connectivity index (χ0) is 21.7. The number of hydrogen-bond acceptors (Lipinski definition) is 3. The minimum Gasteiger partial charge on any atom is -0.462 e. The molecule has 4 aromatic rings. The standard InChI is InChI=1S/C27H25O2PS/c1-3-29-27(28)25(26-21(2)19-20-31-26)30(22-13-7-4-8-14-22,23-15-9-5-10-16-23)24-17-11-6-12-18-24/h4-20H,3H2,1-2H3. The summed E-state index contributed by atoms with van der Waals surface area (Å²) in [7, 11) is 0. The van der Waals surface area contributed by atoms with Gasteiger partial charge in [-0.2, -0.15) is 0 Å². The summed E-state index contributed by atoms with van der Waals surface area (Å²) in [6.45, 7) is 1.76. The van der Waals surface area contributed by atoms with E-state index in [0.717, 1.165) is 31.6 Å². The van der Waals surface area contributed by atoms with Gasteiger partial charge in [0.05, 0.1) is 11.9 Å². The van der Waals surface area contributed by atoms with Gasteiger partial charge in [0.25, 0.3) is 0 Å². The third kappa shape index (κ3) is 3.92. The zero-order valence-corrected chi connectivity index (χ0v) is 19.4. The first-order chi connectivity index (χ1) is 15.2. The molecule has 0 N–H and O–H groups in total. The van der Waals surface area contributed by atoms with Gasteiger partial charge in [0.2, 0.25) is 0 Å². The van der Waals surface area contributed by atoms with Gasteiger partial charge in [-0.25, -0.2) is 4.79 Å². The van der Waals surface area contributed by atoms with E-state index in [-0.39, 0.29) is 5.97 Å². The second kappa shape index (κ2) is 9.51. The van der Waals surface area contributed by atoms with Crippen molar-refractivity contribution < 1.29 is 9.53 Å². The smallest absolute Gasteiger partial charge is 0.340 e. The molecule has 0 unspecified atom stereocenters. The normalized spacial score (nSPS) is 11.2. The van der Waals surface area contributed by atoms with Crippen molar-refractivity contribution >= 4 is 45.4 Å². The van der Waals surface area contributed by atoms with Gasteiger partial charge < -0.3 is 4.74 Å². The van der Waals surface area contributed by atoms with Crippen molar-refractivity contribution in [1.82, 2.24) is 0 Å². The summed E-state index contributed by atoms with van der Waals surface area (Å²) in [5.41, 5.74) is 1.10. The lowest BCUT2D eigenvalue weighted by atomic mass is 10.2. The van der Waals surface area contributed by atoms with Gasteiger partial charge in [0, 0.05) is 4.88 Å². The number of hydrogen-bond donors (Lipinski definition) is 0. The monoisotopic (exact) mass is 444 g/mol. The molecular formula is C27H25O2PS. The maximum atomic E-state index is 13.7. The predicted molar refractivity (Wildman–Crippen MR) is 135 cm³/mol. The summed E-state index contributed by atoms with van der Waals surface area (Å²) in [6, 6.07) is 33.4. The van der Waals surface area contributed by atoms with E-state index in [1.54, 1.807) is 11.3 Å². The third-order valence-corrected chi connectivity index (χ3v) is 10.8. The predicted octanol–water partition coefficient (Wildman–Crippen LogP) is 5.13. The lowest BCUT2D eigenvalue weighted by Crippen LogP contribution is -2.34. The van der Waals surface area contributed by atoms with E-state index in [9.17, 15) is 4.79 Å². The molecule has 0 aliphatic rings. The molecule has 2 nitrogen and oxygen atoms in total. The van der Waals surface area contributed by atoms with Gasteiger partial charge in [0.1, 0.15) is 0 Å². The van der Waals surface area contributed by atoms with Crippen LogP contribution < -0.4 is 15.9 Å². The van der Waals surface area contributed by atoms with Crippen molar-refractivity contribution in [2.45, 2.75) is 13.8 Å². The molecule has 0 bridgehead atoms. The Hall–Kier alpha value is -2.87. The minimum atomic E-state index is -2.51. The number of carbonyl (C=O) groups excluding carboxylic acids is 1. The Kier molecular flexibility index (Phi) is 6.56. The van der Waals surface area contributed by atoms with Crippen molar-refractivity contribution in [3.05, 3.63) is 113 Å². The molecule has 4 rings (SSSR count). The summed E-state index contributed by atoms with van der Waals surface area (Å²) in [5, 5.41) is 6.25. The highest BCUT2D eigenvalue weighted by atomic mass is 32.1. The van der Waals surface area contributed by atoms with Crippen LogP contribution in [-0.4, -0.2) is 17.9 Å². The van der Waals surface area contributed by atoms with Crippen LogP contribution in [0.2, 0.25) is 0 Å². The van der Waals surface area contributed by atoms with E-state index >= 15 is 0 Å². The number of thiophene rings is 1. The van der Waals surface area contributed by atoms with Crippen LogP contribution in [0.4, 0.5) is 0 Å². The lowest BCUT2D eigenvalue weighted by molar-refractivity contribution is -0.134. The van der Waals surface area contributed by atoms with Crippen molar-refractivity contribution in [2.75, 3.05) is 6.61 Å². The second-order valence-electron chi connectivity index (χ2n) is 7.18. The molecule has 1 heterocycles. The van der Waals surface area contributed by atoms with Crippen molar-refractivity contribution in [3.63, 3.8) is 0 Å². The van der Waals surface area contributed by atoms with Crippen LogP contribution in [0, 0.1) is 6.92 Å². The number of benzene rings is 3. The maximum Gasteiger partial charge on any atom is 0.340 e. The molecular weight excluding hydrogens is 419 g/mol. The molecule has 0 radical (unpaired) electrons. The fourth-order valence-electron chi connectivity index (χ4n) is 3.99. The minimum absolute atomic E-state index is 0.238. The Morgan fingerprint density at radius 2 is 1.23 bits per heavy atom.